The Hall–Kier alpha value is -2.02. The van der Waals surface area contributed by atoms with Crippen molar-refractivity contribution in [3.8, 4) is 17.0 Å². The average Bonchev–Trinajstić information content (AvgIpc) is 3.00. The van der Waals surface area contributed by atoms with E-state index in [0.29, 0.717) is 12.0 Å². The Morgan fingerprint density at radius 3 is 2.36 bits per heavy atom. The summed E-state index contributed by atoms with van der Waals surface area (Å²) in [5.74, 6) is 0.0992. The highest BCUT2D eigenvalue weighted by atomic mass is 19.4. The van der Waals surface area contributed by atoms with Crippen molar-refractivity contribution < 1.29 is 17.9 Å². The molecule has 0 spiro atoms. The highest BCUT2D eigenvalue weighted by molar-refractivity contribution is 5.60. The highest BCUT2D eigenvalue weighted by Gasteiger charge is 2.31. The predicted octanol–water partition coefficient (Wildman–Crippen LogP) is 4.50. The van der Waals surface area contributed by atoms with Crippen LogP contribution in [0.15, 0.2) is 30.3 Å². The third kappa shape index (κ3) is 4.34. The van der Waals surface area contributed by atoms with Crippen LogP contribution in [0.5, 0.6) is 5.75 Å². The standard InChI is InChI=1S/C18H22F3N3O/c1-12(2)17-11-16(23-24(17)14-7-9-22-10-8-14)13-3-5-15(6-4-13)25-18(19,20)21/h3-6,11-12,14,22H,7-10H2,1-2H3. The van der Waals surface area contributed by atoms with E-state index in [1.165, 1.54) is 12.1 Å². The SMILES string of the molecule is CC(C)c1cc(-c2ccc(OC(F)(F)F)cc2)nn1C1CCNCC1. The molecule has 1 aliphatic heterocycles. The molecule has 0 atom stereocenters. The average molecular weight is 353 g/mol. The van der Waals surface area contributed by atoms with Gasteiger partial charge >= 0.3 is 6.36 Å². The van der Waals surface area contributed by atoms with E-state index in [4.69, 9.17) is 5.10 Å². The molecule has 1 aliphatic rings. The first-order chi connectivity index (χ1) is 11.8. The minimum absolute atomic E-state index is 0.224. The molecule has 136 valence electrons. The lowest BCUT2D eigenvalue weighted by Gasteiger charge is -2.25. The van der Waals surface area contributed by atoms with Gasteiger partial charge in [-0.1, -0.05) is 13.8 Å². The van der Waals surface area contributed by atoms with Gasteiger partial charge in [0, 0.05) is 11.3 Å². The number of hydrogen-bond donors (Lipinski definition) is 1. The topological polar surface area (TPSA) is 39.1 Å². The molecule has 0 bridgehead atoms. The zero-order valence-electron chi connectivity index (χ0n) is 14.3. The third-order valence-electron chi connectivity index (χ3n) is 4.39. The fourth-order valence-corrected chi connectivity index (χ4v) is 3.15. The lowest BCUT2D eigenvalue weighted by atomic mass is 10.0. The molecule has 0 saturated carbocycles. The molecule has 4 nitrogen and oxygen atoms in total. The van der Waals surface area contributed by atoms with E-state index in [2.05, 4.69) is 28.6 Å². The monoisotopic (exact) mass is 353 g/mol. The van der Waals surface area contributed by atoms with Gasteiger partial charge in [-0.05, 0) is 62.2 Å². The summed E-state index contributed by atoms with van der Waals surface area (Å²) in [4.78, 5) is 0. The smallest absolute Gasteiger partial charge is 0.406 e. The van der Waals surface area contributed by atoms with Gasteiger partial charge < -0.3 is 10.1 Å². The van der Waals surface area contributed by atoms with Crippen molar-refractivity contribution in [3.05, 3.63) is 36.0 Å². The number of rotatable bonds is 4. The summed E-state index contributed by atoms with van der Waals surface area (Å²) < 4.78 is 42.8. The molecule has 25 heavy (non-hydrogen) atoms. The van der Waals surface area contributed by atoms with Crippen LogP contribution in [0.25, 0.3) is 11.3 Å². The van der Waals surface area contributed by atoms with Gasteiger partial charge in [0.05, 0.1) is 11.7 Å². The van der Waals surface area contributed by atoms with E-state index in [0.717, 1.165) is 42.9 Å². The summed E-state index contributed by atoms with van der Waals surface area (Å²) in [6, 6.07) is 8.26. The molecule has 2 heterocycles. The molecule has 1 fully saturated rings. The minimum atomic E-state index is -4.68. The largest absolute Gasteiger partial charge is 0.573 e. The third-order valence-corrected chi connectivity index (χ3v) is 4.39. The summed E-state index contributed by atoms with van der Waals surface area (Å²) in [5.41, 5.74) is 2.71. The Labute approximate surface area is 145 Å². The number of ether oxygens (including phenoxy) is 1. The van der Waals surface area contributed by atoms with Crippen molar-refractivity contribution in [1.29, 1.82) is 0 Å². The van der Waals surface area contributed by atoms with E-state index in [1.807, 2.05) is 6.07 Å². The Morgan fingerprint density at radius 2 is 1.80 bits per heavy atom. The number of hydrogen-bond acceptors (Lipinski definition) is 3. The quantitative estimate of drug-likeness (QED) is 0.880. The fourth-order valence-electron chi connectivity index (χ4n) is 3.15. The number of piperidine rings is 1. The summed E-state index contributed by atoms with van der Waals surface area (Å²) in [6.45, 7) is 6.19. The maximum atomic E-state index is 12.3. The molecule has 3 rings (SSSR count). The van der Waals surface area contributed by atoms with Gasteiger partial charge in [0.15, 0.2) is 0 Å². The van der Waals surface area contributed by atoms with E-state index < -0.39 is 6.36 Å². The van der Waals surface area contributed by atoms with Crippen molar-refractivity contribution in [1.82, 2.24) is 15.1 Å². The van der Waals surface area contributed by atoms with Crippen molar-refractivity contribution in [2.45, 2.75) is 45.0 Å². The molecule has 0 radical (unpaired) electrons. The molecular weight excluding hydrogens is 331 g/mol. The second-order valence-corrected chi connectivity index (χ2v) is 6.61. The maximum absolute atomic E-state index is 12.3. The second kappa shape index (κ2) is 7.07. The Balaban J connectivity index is 1.87. The Bertz CT molecular complexity index is 701. The summed E-state index contributed by atoms with van der Waals surface area (Å²) in [7, 11) is 0. The van der Waals surface area contributed by atoms with Gasteiger partial charge in [-0.2, -0.15) is 5.10 Å². The lowest BCUT2D eigenvalue weighted by Crippen LogP contribution is -2.30. The number of benzene rings is 1. The molecule has 0 unspecified atom stereocenters. The second-order valence-electron chi connectivity index (χ2n) is 6.61. The van der Waals surface area contributed by atoms with Crippen LogP contribution in [0.1, 0.15) is 44.3 Å². The van der Waals surface area contributed by atoms with Crippen molar-refractivity contribution in [3.63, 3.8) is 0 Å². The summed E-state index contributed by atoms with van der Waals surface area (Å²) in [5, 5.41) is 8.11. The zero-order valence-corrected chi connectivity index (χ0v) is 14.3. The van der Waals surface area contributed by atoms with Crippen LogP contribution in [0, 0.1) is 0 Å². The van der Waals surface area contributed by atoms with Crippen molar-refractivity contribution in [2.75, 3.05) is 13.1 Å². The lowest BCUT2D eigenvalue weighted by molar-refractivity contribution is -0.274. The minimum Gasteiger partial charge on any atom is -0.406 e. The van der Waals surface area contributed by atoms with Crippen LogP contribution in [0.3, 0.4) is 0 Å². The number of halogens is 3. The van der Waals surface area contributed by atoms with E-state index in [1.54, 1.807) is 12.1 Å². The molecule has 1 aromatic heterocycles. The van der Waals surface area contributed by atoms with Crippen LogP contribution in [0.4, 0.5) is 13.2 Å². The van der Waals surface area contributed by atoms with E-state index >= 15 is 0 Å². The normalized spacial score (nSPS) is 16.4. The highest BCUT2D eigenvalue weighted by Crippen LogP contribution is 2.30. The van der Waals surface area contributed by atoms with Gasteiger partial charge in [-0.15, -0.1) is 13.2 Å². The predicted molar refractivity (Wildman–Crippen MR) is 89.6 cm³/mol. The summed E-state index contributed by atoms with van der Waals surface area (Å²) >= 11 is 0. The first kappa shape index (κ1) is 17.8. The molecule has 1 N–H and O–H groups in total. The number of aromatic nitrogens is 2. The molecule has 7 heteroatoms. The zero-order chi connectivity index (χ0) is 18.0. The number of alkyl halides is 3. The summed E-state index contributed by atoms with van der Waals surface area (Å²) in [6.07, 6.45) is -2.62. The number of nitrogens with zero attached hydrogens (tertiary/aromatic N) is 2. The molecule has 1 aromatic carbocycles. The fraction of sp³-hybridized carbons (Fsp3) is 0.500. The van der Waals surface area contributed by atoms with Crippen molar-refractivity contribution in [2.24, 2.45) is 0 Å². The van der Waals surface area contributed by atoms with Crippen LogP contribution >= 0.6 is 0 Å². The van der Waals surface area contributed by atoms with Crippen LogP contribution in [0.2, 0.25) is 0 Å². The van der Waals surface area contributed by atoms with Crippen LogP contribution in [-0.2, 0) is 0 Å². The van der Waals surface area contributed by atoms with Crippen LogP contribution in [-0.4, -0.2) is 29.2 Å². The maximum Gasteiger partial charge on any atom is 0.573 e. The molecule has 0 amide bonds. The van der Waals surface area contributed by atoms with Gasteiger partial charge in [-0.25, -0.2) is 0 Å². The van der Waals surface area contributed by atoms with Crippen molar-refractivity contribution >= 4 is 0 Å². The van der Waals surface area contributed by atoms with Crippen LogP contribution < -0.4 is 10.1 Å². The molecule has 2 aromatic rings. The first-order valence-electron chi connectivity index (χ1n) is 8.50. The Kier molecular flexibility index (Phi) is 5.03. The van der Waals surface area contributed by atoms with Gasteiger partial charge in [0.2, 0.25) is 0 Å². The molecule has 0 aliphatic carbocycles. The Morgan fingerprint density at radius 1 is 1.16 bits per heavy atom. The van der Waals surface area contributed by atoms with Gasteiger partial charge in [-0.3, -0.25) is 4.68 Å². The van der Waals surface area contributed by atoms with Gasteiger partial charge in [0.1, 0.15) is 5.75 Å². The van der Waals surface area contributed by atoms with Gasteiger partial charge in [0.25, 0.3) is 0 Å². The number of nitrogens with one attached hydrogen (secondary N) is 1. The van der Waals surface area contributed by atoms with E-state index in [9.17, 15) is 13.2 Å². The first-order valence-corrected chi connectivity index (χ1v) is 8.50. The molecular formula is C18H22F3N3O. The molecule has 1 saturated heterocycles. The van der Waals surface area contributed by atoms with E-state index in [-0.39, 0.29) is 5.75 Å².